The predicted molar refractivity (Wildman–Crippen MR) is 165 cm³/mol. The molecule has 2 aromatic carbocycles. The van der Waals surface area contributed by atoms with Crippen LogP contribution >= 0.6 is 0 Å². The molecule has 1 saturated heterocycles. The van der Waals surface area contributed by atoms with E-state index in [4.69, 9.17) is 0 Å². The molecule has 5 amide bonds. The van der Waals surface area contributed by atoms with E-state index in [9.17, 15) is 45.1 Å². The van der Waals surface area contributed by atoms with Crippen LogP contribution in [0.1, 0.15) is 55.2 Å². The number of hydrogen-bond donors (Lipinski definition) is 0. The van der Waals surface area contributed by atoms with Crippen LogP contribution in [-0.2, 0) is 17.1 Å². The summed E-state index contributed by atoms with van der Waals surface area (Å²) in [6.07, 6.45) is -7.88. The van der Waals surface area contributed by atoms with Crippen LogP contribution in [0.3, 0.4) is 0 Å². The molecule has 8 nitrogen and oxygen atoms in total. The Bertz CT molecular complexity index is 1440. The number of likely N-dealkylation sites (N-methyl/N-ethyl adjacent to an activating group) is 1. The molecule has 0 radical (unpaired) electrons. The minimum absolute atomic E-state index is 0.0104. The highest BCUT2D eigenvalue weighted by molar-refractivity contribution is 5.92. The fourth-order valence-electron chi connectivity index (χ4n) is 6.55. The highest BCUT2D eigenvalue weighted by atomic mass is 19.4. The van der Waals surface area contributed by atoms with Crippen LogP contribution in [0.5, 0.6) is 0 Å². The molecule has 0 aromatic heterocycles. The zero-order valence-corrected chi connectivity index (χ0v) is 27.4. The van der Waals surface area contributed by atoms with Gasteiger partial charge in [0.2, 0.25) is 5.91 Å². The van der Waals surface area contributed by atoms with Gasteiger partial charge in [0.25, 0.3) is 0 Å². The van der Waals surface area contributed by atoms with Crippen LogP contribution in [0.4, 0.5) is 46.0 Å². The van der Waals surface area contributed by atoms with Crippen molar-refractivity contribution in [1.29, 1.82) is 0 Å². The zero-order chi connectivity index (χ0) is 35.7. The van der Waals surface area contributed by atoms with Gasteiger partial charge in [0, 0.05) is 71.4 Å². The molecule has 4 rings (SSSR count). The Balaban J connectivity index is 1.55. The van der Waals surface area contributed by atoms with Gasteiger partial charge in [-0.2, -0.15) is 26.3 Å². The van der Waals surface area contributed by atoms with Crippen molar-refractivity contribution in [3.63, 3.8) is 0 Å². The van der Waals surface area contributed by atoms with Gasteiger partial charge in [0.15, 0.2) is 0 Å². The maximum absolute atomic E-state index is 13.8. The topological polar surface area (TPSA) is 67.4 Å². The Kier molecular flexibility index (Phi) is 10.9. The molecule has 15 heteroatoms. The lowest BCUT2D eigenvalue weighted by atomic mass is 9.84. The van der Waals surface area contributed by atoms with Gasteiger partial charge in [-0.05, 0) is 68.5 Å². The molecule has 1 heterocycles. The van der Waals surface area contributed by atoms with E-state index in [1.165, 1.54) is 36.2 Å². The Morgan fingerprint density at radius 3 is 1.81 bits per heavy atom. The Labute approximate surface area is 275 Å². The Morgan fingerprint density at radius 2 is 1.31 bits per heavy atom. The zero-order valence-electron chi connectivity index (χ0n) is 27.4. The van der Waals surface area contributed by atoms with E-state index < -0.39 is 53.0 Å². The lowest BCUT2D eigenvalue weighted by Crippen LogP contribution is -2.48. The highest BCUT2D eigenvalue weighted by Crippen LogP contribution is 2.39. The van der Waals surface area contributed by atoms with E-state index in [1.807, 2.05) is 6.92 Å². The summed E-state index contributed by atoms with van der Waals surface area (Å²) in [7, 11) is 5.91. The van der Waals surface area contributed by atoms with Gasteiger partial charge in [-0.25, -0.2) is 14.0 Å². The maximum Gasteiger partial charge on any atom is 0.416 e. The summed E-state index contributed by atoms with van der Waals surface area (Å²) < 4.78 is 94.9. The van der Waals surface area contributed by atoms with Crippen LogP contribution in [0.15, 0.2) is 42.5 Å². The summed E-state index contributed by atoms with van der Waals surface area (Å²) in [5.41, 5.74) is -3.11. The SMILES string of the molecule is CCN(C)C(=O)N(C)[C@H]1CC[C@H](C(=O)N2C[C@@H](N(C)C(=O)N(C)c3cc(C(F)(F)F)cc(C(F)(F)F)c3)[C@H](c3ccc(F)cc3)C2)CC1. The van der Waals surface area contributed by atoms with Crippen molar-refractivity contribution < 1.29 is 45.1 Å². The molecule has 2 aliphatic rings. The lowest BCUT2D eigenvalue weighted by molar-refractivity contribution is -0.143. The van der Waals surface area contributed by atoms with Crippen molar-refractivity contribution in [2.45, 2.75) is 63.0 Å². The molecule has 48 heavy (non-hydrogen) atoms. The molecule has 264 valence electrons. The van der Waals surface area contributed by atoms with E-state index in [-0.39, 0.29) is 43.1 Å². The molecule has 0 unspecified atom stereocenters. The van der Waals surface area contributed by atoms with Crippen molar-refractivity contribution in [2.75, 3.05) is 52.7 Å². The van der Waals surface area contributed by atoms with E-state index >= 15 is 0 Å². The average Bonchev–Trinajstić information content (AvgIpc) is 3.50. The van der Waals surface area contributed by atoms with Gasteiger partial charge in [0.1, 0.15) is 5.82 Å². The minimum atomic E-state index is -5.10. The first-order valence-electron chi connectivity index (χ1n) is 15.7. The molecule has 2 aromatic rings. The lowest BCUT2D eigenvalue weighted by Gasteiger charge is -2.37. The molecule has 1 aliphatic heterocycles. The number of hydrogen-bond acceptors (Lipinski definition) is 3. The molecule has 0 bridgehead atoms. The maximum atomic E-state index is 13.8. The number of carbonyl (C=O) groups is 3. The van der Waals surface area contributed by atoms with Crippen molar-refractivity contribution in [2.24, 2.45) is 5.92 Å². The molecule has 2 fully saturated rings. The number of urea groups is 2. The summed E-state index contributed by atoms with van der Waals surface area (Å²) in [5, 5.41) is 0. The smallest absolute Gasteiger partial charge is 0.340 e. The van der Waals surface area contributed by atoms with E-state index in [0.29, 0.717) is 54.8 Å². The summed E-state index contributed by atoms with van der Waals surface area (Å²) in [4.78, 5) is 46.9. The monoisotopic (exact) mass is 687 g/mol. The number of alkyl halides is 6. The van der Waals surface area contributed by atoms with Gasteiger partial charge in [-0.3, -0.25) is 9.69 Å². The third-order valence-corrected chi connectivity index (χ3v) is 9.64. The molecule has 1 saturated carbocycles. The Hall–Kier alpha value is -4.04. The fraction of sp³-hybridized carbons (Fsp3) is 0.545. The van der Waals surface area contributed by atoms with Crippen LogP contribution in [0, 0.1) is 11.7 Å². The minimum Gasteiger partial charge on any atom is -0.340 e. The van der Waals surface area contributed by atoms with E-state index in [0.717, 1.165) is 7.05 Å². The molecule has 2 atom stereocenters. The fourth-order valence-corrected chi connectivity index (χ4v) is 6.55. The normalized spacial score (nSPS) is 21.5. The van der Waals surface area contributed by atoms with Gasteiger partial charge in [-0.1, -0.05) is 12.1 Å². The largest absolute Gasteiger partial charge is 0.416 e. The number of benzene rings is 2. The number of rotatable bonds is 6. The molecule has 0 spiro atoms. The van der Waals surface area contributed by atoms with Crippen molar-refractivity contribution in [3.8, 4) is 0 Å². The summed E-state index contributed by atoms with van der Waals surface area (Å²) >= 11 is 0. The molecule has 0 N–H and O–H groups in total. The van der Waals surface area contributed by atoms with Gasteiger partial charge in [-0.15, -0.1) is 0 Å². The van der Waals surface area contributed by atoms with E-state index in [1.54, 1.807) is 28.8 Å². The standard InChI is InChI=1S/C33H40F7N5O3/c1-6-41(2)30(47)42(3)25-13-9-21(10-14-25)29(46)45-18-27(20-7-11-24(34)12-8-20)28(19-45)44(5)31(48)43(4)26-16-22(32(35,36)37)15-23(17-26)33(38,39)40/h7-8,11-12,15-17,21,25,27-28H,6,9-10,13-14,18-19H2,1-5H3/t21-,25-,27-,28+/m0/s1. The van der Waals surface area contributed by atoms with Gasteiger partial charge in [0.05, 0.1) is 17.2 Å². The average molecular weight is 688 g/mol. The van der Waals surface area contributed by atoms with Crippen LogP contribution in [0.25, 0.3) is 0 Å². The second kappa shape index (κ2) is 14.2. The Morgan fingerprint density at radius 1 is 0.771 bits per heavy atom. The second-order valence-corrected chi connectivity index (χ2v) is 12.6. The van der Waals surface area contributed by atoms with Crippen LogP contribution in [-0.4, -0.2) is 97.5 Å². The van der Waals surface area contributed by atoms with Crippen molar-refractivity contribution in [3.05, 3.63) is 65.0 Å². The summed E-state index contributed by atoms with van der Waals surface area (Å²) in [6, 6.07) is 4.72. The molecule has 1 aliphatic carbocycles. The van der Waals surface area contributed by atoms with E-state index in [2.05, 4.69) is 0 Å². The second-order valence-electron chi connectivity index (χ2n) is 12.6. The predicted octanol–water partition coefficient (Wildman–Crippen LogP) is 6.91. The third kappa shape index (κ3) is 7.97. The number of likely N-dealkylation sites (tertiary alicyclic amines) is 1. The number of anilines is 1. The van der Waals surface area contributed by atoms with Gasteiger partial charge < -0.3 is 19.6 Å². The first-order chi connectivity index (χ1) is 22.3. The van der Waals surface area contributed by atoms with Crippen LogP contribution < -0.4 is 4.90 Å². The van der Waals surface area contributed by atoms with Crippen LogP contribution in [0.2, 0.25) is 0 Å². The highest BCUT2D eigenvalue weighted by Gasteiger charge is 2.44. The van der Waals surface area contributed by atoms with Crippen molar-refractivity contribution in [1.82, 2.24) is 19.6 Å². The first-order valence-corrected chi connectivity index (χ1v) is 15.7. The van der Waals surface area contributed by atoms with Crippen molar-refractivity contribution >= 4 is 23.7 Å². The van der Waals surface area contributed by atoms with Gasteiger partial charge >= 0.3 is 24.4 Å². The number of nitrogens with zero attached hydrogens (tertiary/aromatic N) is 5. The third-order valence-electron chi connectivity index (χ3n) is 9.64. The summed E-state index contributed by atoms with van der Waals surface area (Å²) in [5.74, 6) is -1.50. The number of halogens is 7. The quantitative estimate of drug-likeness (QED) is 0.310. The molecular formula is C33H40F7N5O3. The number of carbonyl (C=O) groups excluding carboxylic acids is 3. The summed E-state index contributed by atoms with van der Waals surface area (Å²) in [6.45, 7) is 2.65. The first kappa shape index (κ1) is 36.8. The molecular weight excluding hydrogens is 647 g/mol. The number of amides is 5.